The summed E-state index contributed by atoms with van der Waals surface area (Å²) in [4.78, 5) is 29.9. The fourth-order valence-corrected chi connectivity index (χ4v) is 4.24. The Labute approximate surface area is 167 Å². The maximum Gasteiger partial charge on any atom is 0.338 e. The first-order valence-corrected chi connectivity index (χ1v) is 9.83. The van der Waals surface area contributed by atoms with E-state index in [1.165, 1.54) is 7.11 Å². The summed E-state index contributed by atoms with van der Waals surface area (Å²) >= 11 is 0. The van der Waals surface area contributed by atoms with Crippen LogP contribution in [-0.4, -0.2) is 56.7 Å². The van der Waals surface area contributed by atoms with Crippen molar-refractivity contribution in [1.29, 1.82) is 0 Å². The van der Waals surface area contributed by atoms with Crippen LogP contribution in [0.1, 0.15) is 55.1 Å². The molecule has 6 nitrogen and oxygen atoms in total. The van der Waals surface area contributed by atoms with Gasteiger partial charge in [-0.3, -0.25) is 4.79 Å². The van der Waals surface area contributed by atoms with Crippen molar-refractivity contribution in [2.75, 3.05) is 38.8 Å². The summed E-state index contributed by atoms with van der Waals surface area (Å²) in [7, 11) is 3.45. The number of carbonyl (C=O) groups is 2. The van der Waals surface area contributed by atoms with Gasteiger partial charge in [0.05, 0.1) is 24.7 Å². The minimum atomic E-state index is -0.678. The fraction of sp³-hybridized carbons (Fsp3) is 0.545. The van der Waals surface area contributed by atoms with Gasteiger partial charge in [-0.2, -0.15) is 0 Å². The van der Waals surface area contributed by atoms with E-state index < -0.39 is 11.4 Å². The molecule has 1 aromatic carbocycles. The predicted molar refractivity (Wildman–Crippen MR) is 109 cm³/mol. The highest BCUT2D eigenvalue weighted by Gasteiger charge is 2.46. The zero-order valence-electron chi connectivity index (χ0n) is 17.5. The molecule has 6 heteroatoms. The lowest BCUT2D eigenvalue weighted by Crippen LogP contribution is -2.43. The maximum atomic E-state index is 13.3. The molecule has 0 aliphatic carbocycles. The number of likely N-dealkylation sites (tertiary alicyclic amines) is 1. The van der Waals surface area contributed by atoms with Gasteiger partial charge in [-0.05, 0) is 64.9 Å². The second-order valence-electron chi connectivity index (χ2n) is 8.08. The monoisotopic (exact) mass is 386 g/mol. The lowest BCUT2D eigenvalue weighted by Gasteiger charge is -2.27. The zero-order valence-corrected chi connectivity index (χ0v) is 17.5. The summed E-state index contributed by atoms with van der Waals surface area (Å²) in [5.74, 6) is -0.00513. The lowest BCUT2D eigenvalue weighted by molar-refractivity contribution is -0.122. The van der Waals surface area contributed by atoms with Gasteiger partial charge in [0.15, 0.2) is 0 Å². The number of amides is 1. The molecule has 0 spiro atoms. The smallest absolute Gasteiger partial charge is 0.338 e. The van der Waals surface area contributed by atoms with Crippen LogP contribution in [0.2, 0.25) is 0 Å². The van der Waals surface area contributed by atoms with Gasteiger partial charge in [0.1, 0.15) is 5.76 Å². The van der Waals surface area contributed by atoms with E-state index in [1.807, 2.05) is 31.7 Å². The number of ether oxygens (including phenoxy) is 2. The molecule has 0 aromatic heterocycles. The third-order valence-corrected chi connectivity index (χ3v) is 5.97. The molecule has 1 amide bonds. The van der Waals surface area contributed by atoms with Crippen LogP contribution in [0, 0.1) is 0 Å². The maximum absolute atomic E-state index is 13.3. The molecule has 1 fully saturated rings. The van der Waals surface area contributed by atoms with E-state index in [0.29, 0.717) is 36.1 Å². The normalized spacial score (nSPS) is 21.0. The Kier molecular flexibility index (Phi) is 5.53. The average Bonchev–Trinajstić information content (AvgIpc) is 3.15. The van der Waals surface area contributed by atoms with Crippen LogP contribution in [0.4, 0.5) is 5.69 Å². The molecule has 152 valence electrons. The first-order chi connectivity index (χ1) is 13.2. The number of fused-ring (bicyclic) bond motifs is 1. The van der Waals surface area contributed by atoms with Gasteiger partial charge in [0.2, 0.25) is 5.91 Å². The standard InChI is InChI=1S/C22H30N2O4/c1-7-28-14(2)16-11-18-19(12-17(16)20(25)27-6)24(21(26)22(18,3)4)13-15-9-8-10-23(15)5/h11-12,15H,2,7-10,13H2,1,3-6H3. The Balaban J connectivity index is 2.10. The number of esters is 1. The first kappa shape index (κ1) is 20.4. The first-order valence-electron chi connectivity index (χ1n) is 9.83. The van der Waals surface area contributed by atoms with Crippen LogP contribution in [0.3, 0.4) is 0 Å². The van der Waals surface area contributed by atoms with Gasteiger partial charge < -0.3 is 19.3 Å². The quantitative estimate of drug-likeness (QED) is 0.555. The molecule has 0 bridgehead atoms. The van der Waals surface area contributed by atoms with Crippen LogP contribution < -0.4 is 4.90 Å². The number of hydrogen-bond donors (Lipinski definition) is 0. The van der Waals surface area contributed by atoms with Crippen molar-refractivity contribution in [3.05, 3.63) is 35.4 Å². The molecule has 1 unspecified atom stereocenters. The number of benzene rings is 1. The van der Waals surface area contributed by atoms with Gasteiger partial charge in [0, 0.05) is 23.8 Å². The second kappa shape index (κ2) is 7.59. The van der Waals surface area contributed by atoms with E-state index in [1.54, 1.807) is 6.07 Å². The largest absolute Gasteiger partial charge is 0.494 e. The number of rotatable bonds is 6. The molecule has 0 saturated carbocycles. The Morgan fingerprint density at radius 1 is 1.32 bits per heavy atom. The lowest BCUT2D eigenvalue weighted by atomic mass is 9.84. The molecule has 1 saturated heterocycles. The van der Waals surface area contributed by atoms with Crippen LogP contribution in [-0.2, 0) is 19.7 Å². The topological polar surface area (TPSA) is 59.1 Å². The van der Waals surface area contributed by atoms with Crippen molar-refractivity contribution >= 4 is 23.3 Å². The molecule has 28 heavy (non-hydrogen) atoms. The molecule has 1 aromatic rings. The minimum absolute atomic E-state index is 0.0535. The second-order valence-corrected chi connectivity index (χ2v) is 8.08. The van der Waals surface area contributed by atoms with Gasteiger partial charge in [-0.1, -0.05) is 6.58 Å². The van der Waals surface area contributed by atoms with Crippen molar-refractivity contribution in [3.63, 3.8) is 0 Å². The van der Waals surface area contributed by atoms with Crippen LogP contribution in [0.5, 0.6) is 0 Å². The van der Waals surface area contributed by atoms with Crippen LogP contribution in [0.15, 0.2) is 18.7 Å². The van der Waals surface area contributed by atoms with E-state index in [0.717, 1.165) is 30.6 Å². The summed E-state index contributed by atoms with van der Waals surface area (Å²) in [6.45, 7) is 11.8. The highest BCUT2D eigenvalue weighted by Crippen LogP contribution is 2.44. The number of carbonyl (C=O) groups excluding carboxylic acids is 2. The van der Waals surface area contributed by atoms with Crippen molar-refractivity contribution in [3.8, 4) is 0 Å². The van der Waals surface area contributed by atoms with Gasteiger partial charge in [-0.15, -0.1) is 0 Å². The molecule has 3 rings (SSSR count). The minimum Gasteiger partial charge on any atom is -0.494 e. The number of anilines is 1. The van der Waals surface area contributed by atoms with Crippen molar-refractivity contribution in [1.82, 2.24) is 4.90 Å². The Hall–Kier alpha value is -2.34. The summed E-state index contributed by atoms with van der Waals surface area (Å²) in [5, 5.41) is 0. The Bertz CT molecular complexity index is 815. The Morgan fingerprint density at radius 3 is 2.61 bits per heavy atom. The molecular formula is C22H30N2O4. The third kappa shape index (κ3) is 3.30. The van der Waals surface area contributed by atoms with Crippen LogP contribution in [0.25, 0.3) is 5.76 Å². The van der Waals surface area contributed by atoms with E-state index in [4.69, 9.17) is 9.47 Å². The summed E-state index contributed by atoms with van der Waals surface area (Å²) < 4.78 is 10.5. The summed E-state index contributed by atoms with van der Waals surface area (Å²) in [6.07, 6.45) is 2.21. The molecule has 2 aliphatic rings. The predicted octanol–water partition coefficient (Wildman–Crippen LogP) is 3.20. The van der Waals surface area contributed by atoms with Crippen LogP contribution >= 0.6 is 0 Å². The van der Waals surface area contributed by atoms with Crippen molar-refractivity contribution in [2.45, 2.75) is 45.1 Å². The van der Waals surface area contributed by atoms with E-state index >= 15 is 0 Å². The molecular weight excluding hydrogens is 356 g/mol. The third-order valence-electron chi connectivity index (χ3n) is 5.97. The average molecular weight is 386 g/mol. The van der Waals surface area contributed by atoms with E-state index in [9.17, 15) is 9.59 Å². The van der Waals surface area contributed by atoms with Gasteiger partial charge in [-0.25, -0.2) is 4.79 Å². The number of methoxy groups -OCH3 is 1. The number of nitrogens with zero attached hydrogens (tertiary/aromatic N) is 2. The Morgan fingerprint density at radius 2 is 2.04 bits per heavy atom. The van der Waals surface area contributed by atoms with Gasteiger partial charge in [0.25, 0.3) is 0 Å². The SMILES string of the molecule is C=C(OCC)c1cc2c(cc1C(=O)OC)N(CC1CCCN1C)C(=O)C2(C)C. The van der Waals surface area contributed by atoms with Crippen molar-refractivity contribution < 1.29 is 19.1 Å². The zero-order chi connectivity index (χ0) is 20.6. The molecule has 2 aliphatic heterocycles. The number of hydrogen-bond acceptors (Lipinski definition) is 5. The van der Waals surface area contributed by atoms with E-state index in [-0.39, 0.29) is 5.91 Å². The number of likely N-dealkylation sites (N-methyl/N-ethyl adjacent to an activating group) is 1. The molecule has 1 atom stereocenters. The van der Waals surface area contributed by atoms with Crippen molar-refractivity contribution in [2.24, 2.45) is 0 Å². The molecule has 2 heterocycles. The highest BCUT2D eigenvalue weighted by molar-refractivity contribution is 6.09. The highest BCUT2D eigenvalue weighted by atomic mass is 16.5. The van der Waals surface area contributed by atoms with E-state index in [2.05, 4.69) is 18.5 Å². The summed E-state index contributed by atoms with van der Waals surface area (Å²) in [6, 6.07) is 3.96. The molecule has 0 N–H and O–H groups in total. The molecule has 0 radical (unpaired) electrons. The summed E-state index contributed by atoms with van der Waals surface area (Å²) in [5.41, 5.74) is 1.94. The fourth-order valence-electron chi connectivity index (χ4n) is 4.24. The van der Waals surface area contributed by atoms with Gasteiger partial charge >= 0.3 is 5.97 Å².